The number of carboxylic acids is 1. The molecule has 94 valence electrons. The van der Waals surface area contributed by atoms with E-state index < -0.39 is 11.5 Å². The summed E-state index contributed by atoms with van der Waals surface area (Å²) in [6, 6.07) is 0. The van der Waals surface area contributed by atoms with Crippen molar-refractivity contribution in [2.45, 2.75) is 31.7 Å². The van der Waals surface area contributed by atoms with Crippen LogP contribution in [0.5, 0.6) is 0 Å². The van der Waals surface area contributed by atoms with E-state index in [1.165, 1.54) is 0 Å². The lowest BCUT2D eigenvalue weighted by molar-refractivity contribution is -0.145. The van der Waals surface area contributed by atoms with E-state index in [4.69, 9.17) is 4.74 Å². The van der Waals surface area contributed by atoms with Crippen LogP contribution >= 0.6 is 11.8 Å². The van der Waals surface area contributed by atoms with Gasteiger partial charge in [-0.05, 0) is 44.2 Å². The van der Waals surface area contributed by atoms with Gasteiger partial charge in [-0.1, -0.05) is 0 Å². The maximum atomic E-state index is 11.3. The van der Waals surface area contributed by atoms with Crippen LogP contribution in [0, 0.1) is 0 Å². The number of aliphatic carboxylic acids is 1. The first-order valence-electron chi connectivity index (χ1n) is 5.85. The quantitative estimate of drug-likeness (QED) is 0.665. The normalized spacial score (nSPS) is 19.6. The molecule has 0 aliphatic carbocycles. The third kappa shape index (κ3) is 3.96. The van der Waals surface area contributed by atoms with Crippen molar-refractivity contribution < 1.29 is 14.6 Å². The second kappa shape index (κ2) is 7.14. The highest BCUT2D eigenvalue weighted by molar-refractivity contribution is 7.99. The Kier molecular flexibility index (Phi) is 6.16. The molecule has 2 N–H and O–H groups in total. The Morgan fingerprint density at radius 3 is 2.75 bits per heavy atom. The van der Waals surface area contributed by atoms with E-state index >= 15 is 0 Å². The van der Waals surface area contributed by atoms with Crippen LogP contribution in [0.1, 0.15) is 26.2 Å². The van der Waals surface area contributed by atoms with Crippen LogP contribution < -0.4 is 5.32 Å². The second-order valence-electron chi connectivity index (χ2n) is 3.98. The Balaban J connectivity index is 2.30. The first-order chi connectivity index (χ1) is 7.71. The molecule has 1 fully saturated rings. The molecule has 0 radical (unpaired) electrons. The summed E-state index contributed by atoms with van der Waals surface area (Å²) >= 11 is 1.83. The van der Waals surface area contributed by atoms with Crippen LogP contribution in [0.4, 0.5) is 0 Å². The lowest BCUT2D eigenvalue weighted by atomic mass is 9.92. The van der Waals surface area contributed by atoms with E-state index in [2.05, 4.69) is 5.32 Å². The lowest BCUT2D eigenvalue weighted by Gasteiger charge is -2.33. The number of ether oxygens (including phenoxy) is 1. The molecule has 0 aromatic rings. The highest BCUT2D eigenvalue weighted by atomic mass is 32.2. The van der Waals surface area contributed by atoms with E-state index in [1.807, 2.05) is 18.7 Å². The first kappa shape index (κ1) is 13.8. The van der Waals surface area contributed by atoms with Gasteiger partial charge in [0.15, 0.2) is 0 Å². The number of hydrogen-bond donors (Lipinski definition) is 2. The van der Waals surface area contributed by atoms with Gasteiger partial charge in [-0.25, -0.2) is 0 Å². The minimum atomic E-state index is -0.704. The molecule has 16 heavy (non-hydrogen) atoms. The average molecular weight is 247 g/mol. The highest BCUT2D eigenvalue weighted by Crippen LogP contribution is 2.27. The van der Waals surface area contributed by atoms with Gasteiger partial charge < -0.3 is 15.2 Å². The molecule has 0 aromatic heterocycles. The Morgan fingerprint density at radius 1 is 1.50 bits per heavy atom. The summed E-state index contributed by atoms with van der Waals surface area (Å²) in [7, 11) is 0. The lowest BCUT2D eigenvalue weighted by Crippen LogP contribution is -2.54. The number of rotatable bonds is 7. The van der Waals surface area contributed by atoms with Crippen molar-refractivity contribution in [3.05, 3.63) is 0 Å². The fourth-order valence-corrected chi connectivity index (χ4v) is 3.02. The monoisotopic (exact) mass is 247 g/mol. The molecule has 0 unspecified atom stereocenters. The Morgan fingerprint density at radius 2 is 2.19 bits per heavy atom. The van der Waals surface area contributed by atoms with Crippen LogP contribution in [-0.4, -0.2) is 47.9 Å². The highest BCUT2D eigenvalue weighted by Gasteiger charge is 2.38. The van der Waals surface area contributed by atoms with Crippen LogP contribution in [0.3, 0.4) is 0 Å². The summed E-state index contributed by atoms with van der Waals surface area (Å²) in [6.07, 6.45) is 2.32. The largest absolute Gasteiger partial charge is 0.480 e. The molecule has 4 nitrogen and oxygen atoms in total. The molecule has 1 heterocycles. The predicted molar refractivity (Wildman–Crippen MR) is 66.0 cm³/mol. The summed E-state index contributed by atoms with van der Waals surface area (Å²) < 4.78 is 5.22. The van der Waals surface area contributed by atoms with Crippen LogP contribution in [0.15, 0.2) is 0 Å². The number of nitrogens with one attached hydrogen (secondary N) is 1. The minimum Gasteiger partial charge on any atom is -0.480 e. The zero-order valence-electron chi connectivity index (χ0n) is 9.83. The molecule has 0 amide bonds. The van der Waals surface area contributed by atoms with Gasteiger partial charge in [0.2, 0.25) is 0 Å². The third-order valence-electron chi connectivity index (χ3n) is 2.89. The zero-order chi connectivity index (χ0) is 11.9. The van der Waals surface area contributed by atoms with Gasteiger partial charge in [0.1, 0.15) is 5.54 Å². The van der Waals surface area contributed by atoms with Crippen LogP contribution in [0.25, 0.3) is 0 Å². The van der Waals surface area contributed by atoms with Gasteiger partial charge >= 0.3 is 5.97 Å². The molecular formula is C11H21NO3S. The molecule has 1 aliphatic rings. The fraction of sp³-hybridized carbons (Fsp3) is 0.909. The smallest absolute Gasteiger partial charge is 0.323 e. The topological polar surface area (TPSA) is 58.6 Å². The van der Waals surface area contributed by atoms with Crippen molar-refractivity contribution in [3.63, 3.8) is 0 Å². The van der Waals surface area contributed by atoms with Gasteiger partial charge in [0.05, 0.1) is 0 Å². The molecular weight excluding hydrogens is 226 g/mol. The molecule has 0 saturated carbocycles. The van der Waals surface area contributed by atoms with Gasteiger partial charge in [-0.3, -0.25) is 4.79 Å². The molecule has 0 bridgehead atoms. The Labute approximate surface area is 101 Å². The molecule has 0 spiro atoms. The summed E-state index contributed by atoms with van der Waals surface area (Å²) in [5, 5.41) is 12.5. The number of hydrogen-bond acceptors (Lipinski definition) is 4. The van der Waals surface area contributed by atoms with E-state index in [9.17, 15) is 9.90 Å². The maximum Gasteiger partial charge on any atom is 0.323 e. The second-order valence-corrected chi connectivity index (χ2v) is 5.20. The fourth-order valence-electron chi connectivity index (χ4n) is 1.83. The van der Waals surface area contributed by atoms with E-state index in [-0.39, 0.29) is 0 Å². The summed E-state index contributed by atoms with van der Waals surface area (Å²) in [6.45, 7) is 4.11. The summed E-state index contributed by atoms with van der Waals surface area (Å²) in [4.78, 5) is 11.3. The molecule has 0 atom stereocenters. The predicted octanol–water partition coefficient (Wildman–Crippen LogP) is 1.35. The van der Waals surface area contributed by atoms with E-state index in [0.29, 0.717) is 6.61 Å². The summed E-state index contributed by atoms with van der Waals surface area (Å²) in [5.74, 6) is 1.17. The standard InChI is InChI=1S/C11H21NO3S/c1-2-15-7-3-6-12-11(10(13)14)4-8-16-9-5-11/h12H,2-9H2,1H3,(H,13,14). The van der Waals surface area contributed by atoms with Crippen molar-refractivity contribution in [1.29, 1.82) is 0 Å². The number of carboxylic acid groups (broad SMARTS) is 1. The number of thioether (sulfide) groups is 1. The van der Waals surface area contributed by atoms with Gasteiger partial charge in [-0.2, -0.15) is 11.8 Å². The van der Waals surface area contributed by atoms with E-state index in [0.717, 1.165) is 43.9 Å². The minimum absolute atomic E-state index is 0.683. The van der Waals surface area contributed by atoms with E-state index in [1.54, 1.807) is 0 Å². The van der Waals surface area contributed by atoms with Crippen molar-refractivity contribution in [2.75, 3.05) is 31.3 Å². The SMILES string of the molecule is CCOCCCNC1(C(=O)O)CCSCC1. The first-order valence-corrected chi connectivity index (χ1v) is 7.00. The maximum absolute atomic E-state index is 11.3. The molecule has 0 aromatic carbocycles. The third-order valence-corrected chi connectivity index (χ3v) is 3.87. The van der Waals surface area contributed by atoms with Crippen molar-refractivity contribution in [2.24, 2.45) is 0 Å². The summed E-state index contributed by atoms with van der Waals surface area (Å²) in [5.41, 5.74) is -0.683. The van der Waals surface area contributed by atoms with Crippen molar-refractivity contribution in [1.82, 2.24) is 5.32 Å². The Hall–Kier alpha value is -0.260. The molecule has 5 heteroatoms. The van der Waals surface area contributed by atoms with Gasteiger partial charge in [-0.15, -0.1) is 0 Å². The number of carbonyl (C=O) groups is 1. The zero-order valence-corrected chi connectivity index (χ0v) is 10.6. The van der Waals surface area contributed by atoms with Crippen molar-refractivity contribution in [3.8, 4) is 0 Å². The van der Waals surface area contributed by atoms with Crippen molar-refractivity contribution >= 4 is 17.7 Å². The van der Waals surface area contributed by atoms with Gasteiger partial charge in [0, 0.05) is 13.2 Å². The molecule has 1 aliphatic heterocycles. The Bertz CT molecular complexity index is 217. The molecule has 1 saturated heterocycles. The molecule has 1 rings (SSSR count). The van der Waals surface area contributed by atoms with Crippen LogP contribution in [-0.2, 0) is 9.53 Å². The van der Waals surface area contributed by atoms with Gasteiger partial charge in [0.25, 0.3) is 0 Å². The average Bonchev–Trinajstić information content (AvgIpc) is 2.30. The van der Waals surface area contributed by atoms with Crippen LogP contribution in [0.2, 0.25) is 0 Å².